The van der Waals surface area contributed by atoms with Gasteiger partial charge in [0.25, 0.3) is 0 Å². The van der Waals surface area contributed by atoms with Gasteiger partial charge in [-0.3, -0.25) is 0 Å². The maximum absolute atomic E-state index is 12.7. The van der Waals surface area contributed by atoms with E-state index in [9.17, 15) is 14.7 Å². The predicted molar refractivity (Wildman–Crippen MR) is 110 cm³/mol. The number of aryl methyl sites for hydroxylation is 1. The minimum atomic E-state index is -1.12. The Bertz CT molecular complexity index is 1090. The van der Waals surface area contributed by atoms with Crippen LogP contribution in [0.1, 0.15) is 27.3 Å². The molecule has 2 heterocycles. The Labute approximate surface area is 172 Å². The molecule has 0 fully saturated rings. The first-order valence-corrected chi connectivity index (χ1v) is 9.53. The van der Waals surface area contributed by atoms with Gasteiger partial charge >= 0.3 is 12.0 Å². The second-order valence-corrected chi connectivity index (χ2v) is 7.37. The standard InChI is InChI=1S/C21H19ClN4O3/c1-13-3-2-4-15(11-13)23-21(29)25-10-9-18-17(12-25)19(20(27)28)24-26(18)16-7-5-14(22)6-8-16/h2-8,11H,9-10,12H2,1H3,(H,23,29)(H,27,28). The molecule has 4 rings (SSSR count). The van der Waals surface area contributed by atoms with Crippen LogP contribution in [-0.4, -0.2) is 38.3 Å². The van der Waals surface area contributed by atoms with Gasteiger partial charge in [0.1, 0.15) is 0 Å². The summed E-state index contributed by atoms with van der Waals surface area (Å²) in [5.41, 5.74) is 3.79. The molecular formula is C21H19ClN4O3. The van der Waals surface area contributed by atoms with Gasteiger partial charge in [0, 0.05) is 29.2 Å². The number of hydrogen-bond donors (Lipinski definition) is 2. The zero-order valence-electron chi connectivity index (χ0n) is 15.7. The third kappa shape index (κ3) is 3.82. The highest BCUT2D eigenvalue weighted by Crippen LogP contribution is 2.26. The number of nitrogens with one attached hydrogen (secondary N) is 1. The number of amides is 2. The van der Waals surface area contributed by atoms with E-state index in [1.807, 2.05) is 31.2 Å². The quantitative estimate of drug-likeness (QED) is 0.679. The number of aromatic nitrogens is 2. The number of carbonyl (C=O) groups excluding carboxylic acids is 1. The monoisotopic (exact) mass is 410 g/mol. The molecule has 0 radical (unpaired) electrons. The number of fused-ring (bicyclic) bond motifs is 1. The molecule has 0 bridgehead atoms. The summed E-state index contributed by atoms with van der Waals surface area (Å²) in [4.78, 5) is 26.1. The SMILES string of the molecule is Cc1cccc(NC(=O)N2CCc3c(c(C(=O)O)nn3-c3ccc(Cl)cc3)C2)c1. The number of anilines is 1. The number of carbonyl (C=O) groups is 2. The van der Waals surface area contributed by atoms with E-state index in [-0.39, 0.29) is 18.3 Å². The van der Waals surface area contributed by atoms with Gasteiger partial charge in [-0.05, 0) is 48.9 Å². The summed E-state index contributed by atoms with van der Waals surface area (Å²) < 4.78 is 1.63. The number of urea groups is 1. The molecule has 2 aromatic carbocycles. The maximum atomic E-state index is 12.7. The molecule has 1 aliphatic heterocycles. The first-order valence-electron chi connectivity index (χ1n) is 9.15. The van der Waals surface area contributed by atoms with Crippen LogP contribution in [0.25, 0.3) is 5.69 Å². The van der Waals surface area contributed by atoms with Crippen LogP contribution in [0.2, 0.25) is 5.02 Å². The van der Waals surface area contributed by atoms with Gasteiger partial charge in [-0.15, -0.1) is 0 Å². The average molecular weight is 411 g/mol. The van der Waals surface area contributed by atoms with Crippen molar-refractivity contribution in [2.75, 3.05) is 11.9 Å². The van der Waals surface area contributed by atoms with Crippen molar-refractivity contribution in [3.8, 4) is 5.69 Å². The largest absolute Gasteiger partial charge is 0.476 e. The molecule has 29 heavy (non-hydrogen) atoms. The number of rotatable bonds is 3. The molecule has 0 saturated carbocycles. The summed E-state index contributed by atoms with van der Waals surface area (Å²) >= 11 is 5.95. The second kappa shape index (κ2) is 7.60. The number of carboxylic acids is 1. The highest BCUT2D eigenvalue weighted by atomic mass is 35.5. The molecule has 8 heteroatoms. The van der Waals surface area contributed by atoms with Gasteiger partial charge in [0.05, 0.1) is 17.9 Å². The van der Waals surface area contributed by atoms with Gasteiger partial charge in [-0.2, -0.15) is 5.10 Å². The Balaban J connectivity index is 1.62. The van der Waals surface area contributed by atoms with Crippen LogP contribution in [0.5, 0.6) is 0 Å². The number of benzene rings is 2. The molecule has 2 N–H and O–H groups in total. The van der Waals surface area contributed by atoms with E-state index in [1.165, 1.54) is 0 Å². The number of aromatic carboxylic acids is 1. The average Bonchev–Trinajstić information content (AvgIpc) is 3.08. The molecule has 1 aliphatic rings. The van der Waals surface area contributed by atoms with Crippen LogP contribution in [0.15, 0.2) is 48.5 Å². The topological polar surface area (TPSA) is 87.5 Å². The predicted octanol–water partition coefficient (Wildman–Crippen LogP) is 4.12. The van der Waals surface area contributed by atoms with Crippen molar-refractivity contribution in [2.45, 2.75) is 19.9 Å². The van der Waals surface area contributed by atoms with Gasteiger partial charge in [-0.1, -0.05) is 23.7 Å². The number of carboxylic acid groups (broad SMARTS) is 1. The minimum Gasteiger partial charge on any atom is -0.476 e. The lowest BCUT2D eigenvalue weighted by Gasteiger charge is -2.28. The lowest BCUT2D eigenvalue weighted by molar-refractivity contribution is 0.0687. The molecule has 0 atom stereocenters. The molecular weight excluding hydrogens is 392 g/mol. The van der Waals surface area contributed by atoms with Gasteiger partial charge in [-0.25, -0.2) is 14.3 Å². The van der Waals surface area contributed by atoms with Crippen molar-refractivity contribution in [2.24, 2.45) is 0 Å². The van der Waals surface area contributed by atoms with E-state index in [4.69, 9.17) is 11.6 Å². The molecule has 1 aromatic heterocycles. The summed E-state index contributed by atoms with van der Waals surface area (Å²) in [6.45, 7) is 2.60. The zero-order valence-corrected chi connectivity index (χ0v) is 16.5. The molecule has 7 nitrogen and oxygen atoms in total. The summed E-state index contributed by atoms with van der Waals surface area (Å²) in [6, 6.07) is 14.3. The molecule has 148 valence electrons. The smallest absolute Gasteiger partial charge is 0.356 e. The zero-order chi connectivity index (χ0) is 20.5. The van der Waals surface area contributed by atoms with Crippen molar-refractivity contribution in [1.82, 2.24) is 14.7 Å². The Morgan fingerprint density at radius 3 is 2.62 bits per heavy atom. The van der Waals surface area contributed by atoms with E-state index in [0.29, 0.717) is 29.2 Å². The Morgan fingerprint density at radius 1 is 1.17 bits per heavy atom. The second-order valence-electron chi connectivity index (χ2n) is 6.94. The van der Waals surface area contributed by atoms with Crippen molar-refractivity contribution in [3.05, 3.63) is 76.1 Å². The molecule has 2 amide bonds. The molecule has 0 spiro atoms. The van der Waals surface area contributed by atoms with E-state index >= 15 is 0 Å². The fourth-order valence-electron chi connectivity index (χ4n) is 3.49. The van der Waals surface area contributed by atoms with Crippen LogP contribution in [0.4, 0.5) is 10.5 Å². The molecule has 0 aliphatic carbocycles. The van der Waals surface area contributed by atoms with Crippen LogP contribution in [0.3, 0.4) is 0 Å². The van der Waals surface area contributed by atoms with Crippen LogP contribution in [0, 0.1) is 6.92 Å². The van der Waals surface area contributed by atoms with Gasteiger partial charge in [0.15, 0.2) is 5.69 Å². The lowest BCUT2D eigenvalue weighted by Crippen LogP contribution is -2.39. The third-order valence-electron chi connectivity index (χ3n) is 4.89. The molecule has 0 saturated heterocycles. The Morgan fingerprint density at radius 2 is 1.93 bits per heavy atom. The third-order valence-corrected chi connectivity index (χ3v) is 5.14. The maximum Gasteiger partial charge on any atom is 0.356 e. The van der Waals surface area contributed by atoms with E-state index in [0.717, 1.165) is 16.9 Å². The first kappa shape index (κ1) is 19.0. The number of hydrogen-bond acceptors (Lipinski definition) is 3. The first-order chi connectivity index (χ1) is 13.9. The van der Waals surface area contributed by atoms with Crippen molar-refractivity contribution < 1.29 is 14.7 Å². The fraction of sp³-hybridized carbons (Fsp3) is 0.190. The molecule has 3 aromatic rings. The highest BCUT2D eigenvalue weighted by molar-refractivity contribution is 6.30. The summed E-state index contributed by atoms with van der Waals surface area (Å²) in [6.07, 6.45) is 0.499. The minimum absolute atomic E-state index is 0.0389. The summed E-state index contributed by atoms with van der Waals surface area (Å²) in [5, 5.41) is 17.4. The fourth-order valence-corrected chi connectivity index (χ4v) is 3.61. The Hall–Kier alpha value is -3.32. The van der Waals surface area contributed by atoms with Gasteiger partial charge in [0.2, 0.25) is 0 Å². The number of nitrogens with zero attached hydrogens (tertiary/aromatic N) is 3. The van der Waals surface area contributed by atoms with Crippen molar-refractivity contribution >= 4 is 29.3 Å². The normalized spacial score (nSPS) is 13.1. The lowest BCUT2D eigenvalue weighted by atomic mass is 10.1. The summed E-state index contributed by atoms with van der Waals surface area (Å²) in [7, 11) is 0. The van der Waals surface area contributed by atoms with Crippen molar-refractivity contribution in [1.29, 1.82) is 0 Å². The number of halogens is 1. The van der Waals surface area contributed by atoms with Gasteiger partial charge < -0.3 is 15.3 Å². The van der Waals surface area contributed by atoms with Crippen LogP contribution in [-0.2, 0) is 13.0 Å². The molecule has 0 unspecified atom stereocenters. The van der Waals surface area contributed by atoms with Crippen LogP contribution >= 0.6 is 11.6 Å². The van der Waals surface area contributed by atoms with E-state index in [2.05, 4.69) is 10.4 Å². The van der Waals surface area contributed by atoms with E-state index < -0.39 is 5.97 Å². The van der Waals surface area contributed by atoms with Crippen molar-refractivity contribution in [3.63, 3.8) is 0 Å². The van der Waals surface area contributed by atoms with Crippen LogP contribution < -0.4 is 5.32 Å². The highest BCUT2D eigenvalue weighted by Gasteiger charge is 2.30. The van der Waals surface area contributed by atoms with E-state index in [1.54, 1.807) is 33.8 Å². The Kier molecular flexibility index (Phi) is 4.98. The summed E-state index contributed by atoms with van der Waals surface area (Å²) in [5.74, 6) is -1.12.